The molecule has 5 N–H and O–H groups in total. The van der Waals surface area contributed by atoms with Gasteiger partial charge in [0.05, 0.1) is 16.6 Å². The number of nitrogens with one attached hydrogen (secondary N) is 3. The highest BCUT2D eigenvalue weighted by molar-refractivity contribution is 7.89. The number of rotatable bonds is 4. The molecular weight excluding hydrogens is 408 g/mol. The molecule has 10 heteroatoms. The van der Waals surface area contributed by atoms with Gasteiger partial charge in [-0.15, -0.1) is 0 Å². The third-order valence-corrected chi connectivity index (χ3v) is 6.24. The summed E-state index contributed by atoms with van der Waals surface area (Å²) < 4.78 is 22.7. The summed E-state index contributed by atoms with van der Waals surface area (Å²) in [5.74, 6) is 0. The Bertz CT molecular complexity index is 1130. The van der Waals surface area contributed by atoms with Crippen LogP contribution >= 0.6 is 12.2 Å². The molecule has 0 amide bonds. The van der Waals surface area contributed by atoms with Crippen LogP contribution in [0.4, 0.5) is 11.4 Å². The number of fused-ring (bicyclic) bond motifs is 1. The molecule has 0 aliphatic carbocycles. The molecule has 3 aromatic rings. The van der Waals surface area contributed by atoms with Crippen LogP contribution in [0.25, 0.3) is 10.9 Å². The minimum Gasteiger partial charge on any atom is -0.381 e. The van der Waals surface area contributed by atoms with Gasteiger partial charge in [-0.1, -0.05) is 0 Å². The number of hydrogen-bond acceptors (Lipinski definition) is 5. The number of hydrogen-bond donors (Lipinski definition) is 4. The van der Waals surface area contributed by atoms with Crippen LogP contribution in [-0.2, 0) is 10.0 Å². The monoisotopic (exact) mass is 430 g/mol. The third-order valence-electron chi connectivity index (χ3n) is 4.95. The van der Waals surface area contributed by atoms with E-state index in [2.05, 4.69) is 31.8 Å². The van der Waals surface area contributed by atoms with Gasteiger partial charge in [-0.2, -0.15) is 5.10 Å². The lowest BCUT2D eigenvalue weighted by Gasteiger charge is -2.35. The number of thiocarbonyl (C=S) groups is 1. The molecule has 4 rings (SSSR count). The number of benzene rings is 2. The minimum atomic E-state index is -3.70. The Morgan fingerprint density at radius 2 is 1.97 bits per heavy atom. The average molecular weight is 431 g/mol. The Hall–Kier alpha value is -2.69. The van der Waals surface area contributed by atoms with E-state index in [4.69, 9.17) is 17.4 Å². The van der Waals surface area contributed by atoms with Crippen molar-refractivity contribution in [2.45, 2.75) is 23.8 Å². The average Bonchev–Trinajstić information content (AvgIpc) is 3.16. The van der Waals surface area contributed by atoms with E-state index in [1.807, 2.05) is 18.3 Å². The van der Waals surface area contributed by atoms with Crippen molar-refractivity contribution in [3.05, 3.63) is 48.7 Å². The second-order valence-electron chi connectivity index (χ2n) is 7.10. The molecule has 1 saturated heterocycles. The summed E-state index contributed by atoms with van der Waals surface area (Å²) in [4.78, 5) is 2.20. The SMILES string of the molecule is NS(=O)(=O)c1ccc(NC(=S)N2CCCC(Nc3ccc4[nH]ncc4c3)C2)cc1. The second-order valence-corrected chi connectivity index (χ2v) is 9.05. The van der Waals surface area contributed by atoms with Crippen LogP contribution in [0, 0.1) is 0 Å². The predicted octanol–water partition coefficient (Wildman–Crippen LogP) is 2.48. The molecule has 0 bridgehead atoms. The van der Waals surface area contributed by atoms with Gasteiger partial charge in [-0.25, -0.2) is 13.6 Å². The molecule has 0 spiro atoms. The number of primary sulfonamides is 1. The van der Waals surface area contributed by atoms with Gasteiger partial charge < -0.3 is 15.5 Å². The van der Waals surface area contributed by atoms with E-state index in [0.717, 1.165) is 48.2 Å². The van der Waals surface area contributed by atoms with Gasteiger partial charge in [0.15, 0.2) is 5.11 Å². The molecule has 1 aliphatic heterocycles. The first-order valence-corrected chi connectivity index (χ1v) is 11.2. The zero-order chi connectivity index (χ0) is 20.4. The zero-order valence-electron chi connectivity index (χ0n) is 15.6. The number of aromatic nitrogens is 2. The molecule has 1 atom stereocenters. The van der Waals surface area contributed by atoms with Crippen LogP contribution in [0.3, 0.4) is 0 Å². The maximum atomic E-state index is 11.4. The number of aromatic amines is 1. The highest BCUT2D eigenvalue weighted by Gasteiger charge is 2.22. The summed E-state index contributed by atoms with van der Waals surface area (Å²) in [7, 11) is -3.70. The minimum absolute atomic E-state index is 0.0748. The van der Waals surface area contributed by atoms with Gasteiger partial charge in [0.1, 0.15) is 0 Å². The summed E-state index contributed by atoms with van der Waals surface area (Å²) in [5.41, 5.74) is 2.80. The van der Waals surface area contributed by atoms with Crippen molar-refractivity contribution in [2.75, 3.05) is 23.7 Å². The normalized spacial score (nSPS) is 17.3. The summed E-state index contributed by atoms with van der Waals surface area (Å²) in [6, 6.07) is 12.7. The Labute approximate surface area is 174 Å². The fourth-order valence-corrected chi connectivity index (χ4v) is 4.28. The smallest absolute Gasteiger partial charge is 0.238 e. The molecule has 2 heterocycles. The van der Waals surface area contributed by atoms with E-state index in [9.17, 15) is 8.42 Å². The maximum Gasteiger partial charge on any atom is 0.238 e. The highest BCUT2D eigenvalue weighted by Crippen LogP contribution is 2.21. The lowest BCUT2D eigenvalue weighted by Crippen LogP contribution is -2.46. The van der Waals surface area contributed by atoms with Crippen LogP contribution in [0.5, 0.6) is 0 Å². The summed E-state index contributed by atoms with van der Waals surface area (Å²) >= 11 is 5.56. The van der Waals surface area contributed by atoms with Gasteiger partial charge in [0.2, 0.25) is 10.0 Å². The molecule has 1 fully saturated rings. The van der Waals surface area contributed by atoms with Crippen molar-refractivity contribution in [1.82, 2.24) is 15.1 Å². The van der Waals surface area contributed by atoms with E-state index in [1.165, 1.54) is 12.1 Å². The van der Waals surface area contributed by atoms with Gasteiger partial charge >= 0.3 is 0 Å². The molecule has 8 nitrogen and oxygen atoms in total. The molecule has 152 valence electrons. The van der Waals surface area contributed by atoms with Crippen LogP contribution in [0.15, 0.2) is 53.6 Å². The molecule has 1 aliphatic rings. The van der Waals surface area contributed by atoms with Gasteiger partial charge in [-0.3, -0.25) is 5.10 Å². The predicted molar refractivity (Wildman–Crippen MR) is 118 cm³/mol. The first-order chi connectivity index (χ1) is 13.9. The number of anilines is 2. The van der Waals surface area contributed by atoms with E-state index in [-0.39, 0.29) is 10.9 Å². The summed E-state index contributed by atoms with van der Waals surface area (Å²) in [6.07, 6.45) is 3.90. The molecular formula is C19H22N6O2S2. The third kappa shape index (κ3) is 4.66. The quantitative estimate of drug-likeness (QED) is 0.470. The van der Waals surface area contributed by atoms with Crippen molar-refractivity contribution < 1.29 is 8.42 Å². The number of nitrogens with zero attached hydrogens (tertiary/aromatic N) is 2. The highest BCUT2D eigenvalue weighted by atomic mass is 32.2. The summed E-state index contributed by atoms with van der Waals surface area (Å²) in [6.45, 7) is 1.66. The van der Waals surface area contributed by atoms with E-state index in [0.29, 0.717) is 5.11 Å². The molecule has 29 heavy (non-hydrogen) atoms. The Balaban J connectivity index is 1.37. The summed E-state index contributed by atoms with van der Waals surface area (Å²) in [5, 5.41) is 20.6. The number of sulfonamides is 1. The topological polar surface area (TPSA) is 116 Å². The number of piperidine rings is 1. The van der Waals surface area contributed by atoms with Crippen LogP contribution in [-0.4, -0.2) is 47.8 Å². The van der Waals surface area contributed by atoms with E-state index in [1.54, 1.807) is 12.1 Å². The first kappa shape index (κ1) is 19.6. The van der Waals surface area contributed by atoms with Crippen molar-refractivity contribution in [3.63, 3.8) is 0 Å². The largest absolute Gasteiger partial charge is 0.381 e. The fourth-order valence-electron chi connectivity index (χ4n) is 3.48. The van der Waals surface area contributed by atoms with Gasteiger partial charge in [0.25, 0.3) is 0 Å². The van der Waals surface area contributed by atoms with E-state index < -0.39 is 10.0 Å². The van der Waals surface area contributed by atoms with Crippen LogP contribution < -0.4 is 15.8 Å². The first-order valence-electron chi connectivity index (χ1n) is 9.27. The number of likely N-dealkylation sites (tertiary alicyclic amines) is 1. The zero-order valence-corrected chi connectivity index (χ0v) is 17.3. The van der Waals surface area contributed by atoms with Gasteiger partial charge in [-0.05, 0) is 67.5 Å². The second kappa shape index (κ2) is 7.97. The van der Waals surface area contributed by atoms with Crippen LogP contribution in [0.1, 0.15) is 12.8 Å². The maximum absolute atomic E-state index is 11.4. The molecule has 1 aromatic heterocycles. The van der Waals surface area contributed by atoms with Crippen LogP contribution in [0.2, 0.25) is 0 Å². The van der Waals surface area contributed by atoms with Crippen molar-refractivity contribution in [3.8, 4) is 0 Å². The van der Waals surface area contributed by atoms with Crippen molar-refractivity contribution in [1.29, 1.82) is 0 Å². The van der Waals surface area contributed by atoms with E-state index >= 15 is 0 Å². The fraction of sp³-hybridized carbons (Fsp3) is 0.263. The standard InChI is InChI=1S/C19H22N6O2S2/c20-29(26,27)17-6-3-14(4-7-17)23-19(28)25-9-1-2-16(12-25)22-15-5-8-18-13(10-15)11-21-24-18/h3-8,10-11,16,22H,1-2,9,12H2,(H,21,24)(H,23,28)(H2,20,26,27). The lowest BCUT2D eigenvalue weighted by molar-refractivity contribution is 0.325. The molecule has 0 radical (unpaired) electrons. The lowest BCUT2D eigenvalue weighted by atomic mass is 10.1. The number of H-pyrrole nitrogens is 1. The molecule has 0 saturated carbocycles. The Morgan fingerprint density at radius 1 is 1.21 bits per heavy atom. The molecule has 1 unspecified atom stereocenters. The number of nitrogens with two attached hydrogens (primary N) is 1. The van der Waals surface area contributed by atoms with Gasteiger partial charge in [0, 0.05) is 35.9 Å². The van der Waals surface area contributed by atoms with Crippen molar-refractivity contribution >= 4 is 49.6 Å². The Kier molecular flexibility index (Phi) is 5.39. The molecule has 2 aromatic carbocycles. The van der Waals surface area contributed by atoms with Crippen molar-refractivity contribution in [2.24, 2.45) is 5.14 Å². The Morgan fingerprint density at radius 3 is 2.72 bits per heavy atom.